The van der Waals surface area contributed by atoms with Crippen molar-refractivity contribution in [3.05, 3.63) is 101 Å². The minimum Gasteiger partial charge on any atom is -0.494 e. The first-order chi connectivity index (χ1) is 17.5. The molecule has 1 amide bonds. The fraction of sp³-hybridized carbons (Fsp3) is 0.107. The van der Waals surface area contributed by atoms with Crippen molar-refractivity contribution in [1.29, 1.82) is 0 Å². The summed E-state index contributed by atoms with van der Waals surface area (Å²) < 4.78 is 16.5. The van der Waals surface area contributed by atoms with Gasteiger partial charge in [-0.05, 0) is 72.3 Å². The fourth-order valence-corrected chi connectivity index (χ4v) is 3.52. The number of halogens is 1. The number of ether oxygens (including phenoxy) is 3. The lowest BCUT2D eigenvalue weighted by Gasteiger charge is -2.11. The highest BCUT2D eigenvalue weighted by molar-refractivity contribution is 6.30. The number of rotatable bonds is 9. The number of benzene rings is 4. The van der Waals surface area contributed by atoms with E-state index in [1.807, 2.05) is 37.3 Å². The Labute approximate surface area is 213 Å². The second kappa shape index (κ2) is 11.9. The van der Waals surface area contributed by atoms with Gasteiger partial charge in [-0.1, -0.05) is 41.9 Å². The van der Waals surface area contributed by atoms with Gasteiger partial charge in [0.1, 0.15) is 17.2 Å². The molecule has 36 heavy (non-hydrogen) atoms. The van der Waals surface area contributed by atoms with Crippen molar-refractivity contribution in [3.63, 3.8) is 0 Å². The Balaban J connectivity index is 1.48. The molecule has 7 nitrogen and oxygen atoms in total. The third kappa shape index (κ3) is 6.40. The molecule has 0 aliphatic rings. The molecule has 0 atom stereocenters. The highest BCUT2D eigenvalue weighted by atomic mass is 35.5. The summed E-state index contributed by atoms with van der Waals surface area (Å²) in [6.45, 7) is 2.20. The lowest BCUT2D eigenvalue weighted by Crippen LogP contribution is -2.24. The maximum absolute atomic E-state index is 12.8. The molecule has 1 N–H and O–H groups in total. The molecule has 8 heteroatoms. The molecule has 0 aliphatic carbocycles. The quantitative estimate of drug-likeness (QED) is 0.138. The Morgan fingerprint density at radius 2 is 1.58 bits per heavy atom. The van der Waals surface area contributed by atoms with Crippen molar-refractivity contribution in [3.8, 4) is 17.2 Å². The van der Waals surface area contributed by atoms with Crippen LogP contribution in [-0.2, 0) is 4.79 Å². The van der Waals surface area contributed by atoms with Gasteiger partial charge in [-0.15, -0.1) is 0 Å². The van der Waals surface area contributed by atoms with E-state index in [4.69, 9.17) is 25.8 Å². The van der Waals surface area contributed by atoms with Gasteiger partial charge in [-0.2, -0.15) is 5.10 Å². The molecule has 0 aliphatic heterocycles. The second-order valence-corrected chi connectivity index (χ2v) is 8.02. The van der Waals surface area contributed by atoms with Gasteiger partial charge in [0.05, 0.1) is 18.4 Å². The summed E-state index contributed by atoms with van der Waals surface area (Å²) >= 11 is 5.85. The van der Waals surface area contributed by atoms with E-state index >= 15 is 0 Å². The first-order valence-electron chi connectivity index (χ1n) is 11.2. The van der Waals surface area contributed by atoms with E-state index in [2.05, 4.69) is 10.5 Å². The standard InChI is InChI=1S/C28H23ClN2O5/c1-2-34-22-12-7-20(8-13-22)28(33)36-26-16-9-19-5-3-4-6-24(19)25(26)17-30-31-27(32)18-35-23-14-10-21(29)11-15-23/h3-17H,2,18H2,1H3,(H,31,32)/b30-17-. The summed E-state index contributed by atoms with van der Waals surface area (Å²) in [4.78, 5) is 25.0. The first-order valence-corrected chi connectivity index (χ1v) is 11.6. The predicted molar refractivity (Wildman–Crippen MR) is 139 cm³/mol. The van der Waals surface area contributed by atoms with E-state index in [1.165, 1.54) is 6.21 Å². The zero-order valence-electron chi connectivity index (χ0n) is 19.4. The minimum absolute atomic E-state index is 0.228. The van der Waals surface area contributed by atoms with Crippen LogP contribution in [0.25, 0.3) is 10.8 Å². The summed E-state index contributed by atoms with van der Waals surface area (Å²) in [6.07, 6.45) is 1.45. The number of nitrogens with zero attached hydrogens (tertiary/aromatic N) is 1. The van der Waals surface area contributed by atoms with E-state index in [9.17, 15) is 9.59 Å². The number of hydrazone groups is 1. The number of fused-ring (bicyclic) bond motifs is 1. The fourth-order valence-electron chi connectivity index (χ4n) is 3.39. The van der Waals surface area contributed by atoms with Gasteiger partial charge in [0.25, 0.3) is 5.91 Å². The molecule has 0 unspecified atom stereocenters. The van der Waals surface area contributed by atoms with E-state index in [-0.39, 0.29) is 6.61 Å². The van der Waals surface area contributed by atoms with Gasteiger partial charge in [0, 0.05) is 10.6 Å². The van der Waals surface area contributed by atoms with E-state index in [0.29, 0.717) is 40.0 Å². The van der Waals surface area contributed by atoms with Crippen molar-refractivity contribution in [2.24, 2.45) is 5.10 Å². The van der Waals surface area contributed by atoms with Gasteiger partial charge < -0.3 is 14.2 Å². The van der Waals surface area contributed by atoms with E-state index in [1.54, 1.807) is 54.6 Å². The van der Waals surface area contributed by atoms with Crippen LogP contribution in [0.2, 0.25) is 5.02 Å². The molecule has 0 aromatic heterocycles. The molecule has 0 bridgehead atoms. The van der Waals surface area contributed by atoms with Crippen molar-refractivity contribution in [1.82, 2.24) is 5.43 Å². The number of amides is 1. The maximum Gasteiger partial charge on any atom is 0.343 e. The van der Waals surface area contributed by atoms with Gasteiger partial charge in [-0.25, -0.2) is 10.2 Å². The minimum atomic E-state index is -0.525. The first kappa shape index (κ1) is 24.8. The van der Waals surface area contributed by atoms with Gasteiger partial charge >= 0.3 is 5.97 Å². The summed E-state index contributed by atoms with van der Waals surface area (Å²) in [7, 11) is 0. The number of hydrogen-bond donors (Lipinski definition) is 1. The van der Waals surface area contributed by atoms with Crippen LogP contribution < -0.4 is 19.6 Å². The molecule has 0 saturated carbocycles. The molecular formula is C28H23ClN2O5. The molecule has 0 fully saturated rings. The topological polar surface area (TPSA) is 86.2 Å². The third-order valence-corrected chi connectivity index (χ3v) is 5.35. The molecule has 0 radical (unpaired) electrons. The summed E-state index contributed by atoms with van der Waals surface area (Å²) in [5, 5.41) is 6.37. The average Bonchev–Trinajstić information content (AvgIpc) is 2.90. The summed E-state index contributed by atoms with van der Waals surface area (Å²) in [5.74, 6) is 0.514. The number of carbonyl (C=O) groups excluding carboxylic acids is 2. The highest BCUT2D eigenvalue weighted by Crippen LogP contribution is 2.27. The van der Waals surface area contributed by atoms with Crippen LogP contribution in [0.15, 0.2) is 90.0 Å². The van der Waals surface area contributed by atoms with Crippen LogP contribution in [0, 0.1) is 0 Å². The molecule has 4 aromatic carbocycles. The van der Waals surface area contributed by atoms with Crippen molar-refractivity contribution in [2.75, 3.05) is 13.2 Å². The molecule has 4 aromatic rings. The number of carbonyl (C=O) groups is 2. The lowest BCUT2D eigenvalue weighted by atomic mass is 10.0. The van der Waals surface area contributed by atoms with Gasteiger partial charge in [0.2, 0.25) is 0 Å². The molecule has 4 rings (SSSR count). The third-order valence-electron chi connectivity index (χ3n) is 5.10. The van der Waals surface area contributed by atoms with Gasteiger partial charge in [0.15, 0.2) is 6.61 Å². The zero-order valence-corrected chi connectivity index (χ0v) is 20.2. The van der Waals surface area contributed by atoms with Crippen LogP contribution in [0.5, 0.6) is 17.2 Å². The Morgan fingerprint density at radius 1 is 0.889 bits per heavy atom. The molecule has 0 saturated heterocycles. The Morgan fingerprint density at radius 3 is 2.33 bits per heavy atom. The molecule has 182 valence electrons. The Hall–Kier alpha value is -4.36. The lowest BCUT2D eigenvalue weighted by molar-refractivity contribution is -0.123. The van der Waals surface area contributed by atoms with Crippen LogP contribution in [-0.4, -0.2) is 31.3 Å². The van der Waals surface area contributed by atoms with Gasteiger partial charge in [-0.3, -0.25) is 4.79 Å². The average molecular weight is 503 g/mol. The summed E-state index contributed by atoms with van der Waals surface area (Å²) in [6, 6.07) is 24.5. The van der Waals surface area contributed by atoms with E-state index < -0.39 is 11.9 Å². The summed E-state index contributed by atoms with van der Waals surface area (Å²) in [5.41, 5.74) is 3.36. The molecule has 0 heterocycles. The monoisotopic (exact) mass is 502 g/mol. The second-order valence-electron chi connectivity index (χ2n) is 7.58. The Bertz CT molecular complexity index is 1390. The highest BCUT2D eigenvalue weighted by Gasteiger charge is 2.14. The number of esters is 1. The number of hydrogen-bond acceptors (Lipinski definition) is 6. The normalized spacial score (nSPS) is 10.8. The largest absolute Gasteiger partial charge is 0.494 e. The number of nitrogens with one attached hydrogen (secondary N) is 1. The van der Waals surface area contributed by atoms with Crippen molar-refractivity contribution >= 4 is 40.5 Å². The van der Waals surface area contributed by atoms with Crippen LogP contribution in [0.4, 0.5) is 0 Å². The smallest absolute Gasteiger partial charge is 0.343 e. The maximum atomic E-state index is 12.8. The zero-order chi connectivity index (χ0) is 25.3. The molecular weight excluding hydrogens is 480 g/mol. The Kier molecular flexibility index (Phi) is 8.16. The van der Waals surface area contributed by atoms with Crippen LogP contribution >= 0.6 is 11.6 Å². The van der Waals surface area contributed by atoms with Crippen molar-refractivity contribution < 1.29 is 23.8 Å². The van der Waals surface area contributed by atoms with Crippen LogP contribution in [0.3, 0.4) is 0 Å². The SMILES string of the molecule is CCOc1ccc(C(=O)Oc2ccc3ccccc3c2/C=N\NC(=O)COc2ccc(Cl)cc2)cc1. The predicted octanol–water partition coefficient (Wildman–Crippen LogP) is 5.64. The van der Waals surface area contributed by atoms with E-state index in [0.717, 1.165) is 10.8 Å². The van der Waals surface area contributed by atoms with Crippen LogP contribution in [0.1, 0.15) is 22.8 Å². The molecule has 0 spiro atoms. The van der Waals surface area contributed by atoms with Crippen molar-refractivity contribution in [2.45, 2.75) is 6.92 Å².